The van der Waals surface area contributed by atoms with Crippen molar-refractivity contribution in [1.29, 1.82) is 0 Å². The first-order valence-corrected chi connectivity index (χ1v) is 4.91. The molecule has 1 aliphatic rings. The average Bonchev–Trinajstić information content (AvgIpc) is 1.87. The van der Waals surface area contributed by atoms with Gasteiger partial charge in [-0.25, -0.2) is 0 Å². The van der Waals surface area contributed by atoms with Gasteiger partial charge in [0.05, 0.1) is 0 Å². The van der Waals surface area contributed by atoms with E-state index in [1.165, 1.54) is 11.7 Å². The highest BCUT2D eigenvalue weighted by molar-refractivity contribution is 7.57. The molecular weight excluding hydrogens is 103 g/mol. The van der Waals surface area contributed by atoms with Crippen LogP contribution in [-0.2, 0) is 0 Å². The summed E-state index contributed by atoms with van der Waals surface area (Å²) in [6, 6.07) is 0. The molecule has 1 aliphatic heterocycles. The van der Waals surface area contributed by atoms with Crippen LogP contribution in [0.2, 0.25) is 0 Å². The van der Waals surface area contributed by atoms with Crippen LogP contribution >= 0.6 is 7.55 Å². The van der Waals surface area contributed by atoms with E-state index in [1.807, 2.05) is 0 Å². The summed E-state index contributed by atoms with van der Waals surface area (Å²) in [6.07, 6.45) is 3.69. The maximum Gasteiger partial charge on any atom is -0.0168 e. The maximum atomic E-state index is 2.41. The van der Waals surface area contributed by atoms with Crippen LogP contribution in [0.25, 0.3) is 0 Å². The van der Waals surface area contributed by atoms with Crippen molar-refractivity contribution in [3.63, 3.8) is 0 Å². The zero-order valence-electron chi connectivity index (χ0n) is 4.86. The lowest BCUT2D eigenvalue weighted by Crippen LogP contribution is -1.63. The van der Waals surface area contributed by atoms with E-state index in [2.05, 4.69) is 25.5 Å². The molecule has 0 spiro atoms. The molecule has 0 amide bonds. The van der Waals surface area contributed by atoms with Crippen molar-refractivity contribution in [1.82, 2.24) is 0 Å². The minimum absolute atomic E-state index is 0.0234. The molecule has 0 saturated carbocycles. The lowest BCUT2D eigenvalue weighted by molar-refractivity contribution is 1.60. The molecule has 0 radical (unpaired) electrons. The fourth-order valence-corrected chi connectivity index (χ4v) is 2.49. The van der Waals surface area contributed by atoms with Crippen molar-refractivity contribution in [3.8, 4) is 0 Å². The summed E-state index contributed by atoms with van der Waals surface area (Å²) in [5, 5.41) is 0. The molecular formula is C6H11P. The van der Waals surface area contributed by atoms with Gasteiger partial charge in [-0.15, -0.1) is 7.55 Å². The number of rotatable bonds is 0. The van der Waals surface area contributed by atoms with Gasteiger partial charge in [-0.3, -0.25) is 0 Å². The van der Waals surface area contributed by atoms with E-state index < -0.39 is 0 Å². The van der Waals surface area contributed by atoms with Crippen LogP contribution in [0.15, 0.2) is 11.6 Å². The molecule has 0 aromatic carbocycles. The molecule has 1 heterocycles. The van der Waals surface area contributed by atoms with Crippen molar-refractivity contribution >= 4 is 13.3 Å². The number of hydrogen-bond donors (Lipinski definition) is 0. The number of hydrogen-bond acceptors (Lipinski definition) is 0. The minimum Gasteiger partial charge on any atom is -0.117 e. The summed E-state index contributed by atoms with van der Waals surface area (Å²) in [6.45, 7) is 4.53. The normalized spacial score (nSPS) is 29.4. The third-order valence-corrected chi connectivity index (χ3v) is 3.02. The standard InChI is InChI=1S/C6H11P/c1-6-3-4-7(2)5-6/h3,5,7H,4H2,1-2H3. The second-order valence-corrected chi connectivity index (χ2v) is 4.53. The first-order chi connectivity index (χ1) is 3.29. The van der Waals surface area contributed by atoms with Crippen molar-refractivity contribution in [3.05, 3.63) is 11.6 Å². The van der Waals surface area contributed by atoms with Gasteiger partial charge in [0.1, 0.15) is 0 Å². The summed E-state index contributed by atoms with van der Waals surface area (Å²) in [7, 11) is -0.0234. The molecule has 0 aromatic rings. The minimum atomic E-state index is -0.0234. The molecule has 0 aromatic heterocycles. The van der Waals surface area contributed by atoms with Crippen molar-refractivity contribution in [2.45, 2.75) is 6.92 Å². The van der Waals surface area contributed by atoms with Crippen LogP contribution < -0.4 is 0 Å². The van der Waals surface area contributed by atoms with Gasteiger partial charge < -0.3 is 0 Å². The monoisotopic (exact) mass is 114 g/mol. The summed E-state index contributed by atoms with van der Waals surface area (Å²) in [5.74, 6) is 2.41. The predicted octanol–water partition coefficient (Wildman–Crippen LogP) is 1.59. The van der Waals surface area contributed by atoms with Gasteiger partial charge in [0.15, 0.2) is 0 Å². The highest BCUT2D eigenvalue weighted by Gasteiger charge is 1.92. The zero-order valence-corrected chi connectivity index (χ0v) is 5.86. The SMILES string of the molecule is CC1=CC[PH](C)=C1. The fourth-order valence-electron chi connectivity index (χ4n) is 0.828. The van der Waals surface area contributed by atoms with E-state index in [-0.39, 0.29) is 7.55 Å². The summed E-state index contributed by atoms with van der Waals surface area (Å²) in [5.41, 5.74) is 1.50. The van der Waals surface area contributed by atoms with E-state index >= 15 is 0 Å². The average molecular weight is 114 g/mol. The molecule has 0 bridgehead atoms. The van der Waals surface area contributed by atoms with E-state index in [0.29, 0.717) is 0 Å². The van der Waals surface area contributed by atoms with E-state index in [9.17, 15) is 0 Å². The second-order valence-electron chi connectivity index (χ2n) is 2.14. The molecule has 1 unspecified atom stereocenters. The Morgan fingerprint density at radius 1 is 1.71 bits per heavy atom. The van der Waals surface area contributed by atoms with Gasteiger partial charge in [0.2, 0.25) is 0 Å². The van der Waals surface area contributed by atoms with Crippen LogP contribution in [0.1, 0.15) is 6.92 Å². The van der Waals surface area contributed by atoms with E-state index in [0.717, 1.165) is 0 Å². The van der Waals surface area contributed by atoms with Crippen LogP contribution in [0.4, 0.5) is 0 Å². The molecule has 1 heteroatoms. The van der Waals surface area contributed by atoms with Gasteiger partial charge in [-0.1, -0.05) is 17.4 Å². The first-order valence-electron chi connectivity index (χ1n) is 2.63. The van der Waals surface area contributed by atoms with E-state index in [1.54, 1.807) is 0 Å². The summed E-state index contributed by atoms with van der Waals surface area (Å²) >= 11 is 0. The summed E-state index contributed by atoms with van der Waals surface area (Å²) in [4.78, 5) is 0. The molecule has 1 atom stereocenters. The second kappa shape index (κ2) is 1.88. The fraction of sp³-hybridized carbons (Fsp3) is 0.500. The van der Waals surface area contributed by atoms with Crippen LogP contribution in [0.5, 0.6) is 0 Å². The zero-order chi connectivity index (χ0) is 5.28. The van der Waals surface area contributed by atoms with Crippen LogP contribution in [0, 0.1) is 0 Å². The first kappa shape index (κ1) is 5.18. The van der Waals surface area contributed by atoms with Crippen molar-refractivity contribution in [2.24, 2.45) is 0 Å². The largest absolute Gasteiger partial charge is 0.117 e. The van der Waals surface area contributed by atoms with Crippen molar-refractivity contribution < 1.29 is 0 Å². The highest BCUT2D eigenvalue weighted by atomic mass is 31.1. The molecule has 0 N–H and O–H groups in total. The Morgan fingerprint density at radius 2 is 2.43 bits per heavy atom. The Kier molecular flexibility index (Phi) is 1.39. The van der Waals surface area contributed by atoms with Gasteiger partial charge in [0.25, 0.3) is 0 Å². The molecule has 7 heavy (non-hydrogen) atoms. The number of allylic oxidation sites excluding steroid dienone is 2. The van der Waals surface area contributed by atoms with Gasteiger partial charge >= 0.3 is 0 Å². The Morgan fingerprint density at radius 3 is 2.57 bits per heavy atom. The molecule has 0 saturated heterocycles. The lowest BCUT2D eigenvalue weighted by Gasteiger charge is -1.81. The maximum absolute atomic E-state index is 2.41. The third kappa shape index (κ3) is 1.21. The topological polar surface area (TPSA) is 0 Å². The lowest BCUT2D eigenvalue weighted by atomic mass is 10.3. The predicted molar refractivity (Wildman–Crippen MR) is 38.9 cm³/mol. The van der Waals surface area contributed by atoms with Gasteiger partial charge in [-0.2, -0.15) is 0 Å². The van der Waals surface area contributed by atoms with Crippen LogP contribution in [-0.4, -0.2) is 18.6 Å². The Bertz CT molecular complexity index is 131. The molecule has 0 nitrogen and oxygen atoms in total. The van der Waals surface area contributed by atoms with Gasteiger partial charge in [-0.05, 0) is 19.8 Å². The smallest absolute Gasteiger partial charge is 0.0168 e. The molecule has 0 fully saturated rings. The highest BCUT2D eigenvalue weighted by Crippen LogP contribution is 2.23. The quantitative estimate of drug-likeness (QED) is 0.419. The third-order valence-electron chi connectivity index (χ3n) is 1.22. The molecule has 40 valence electrons. The van der Waals surface area contributed by atoms with Crippen molar-refractivity contribution in [2.75, 3.05) is 12.8 Å². The van der Waals surface area contributed by atoms with Gasteiger partial charge in [0, 0.05) is 0 Å². The molecule has 1 rings (SSSR count). The van der Waals surface area contributed by atoms with E-state index in [4.69, 9.17) is 0 Å². The Hall–Kier alpha value is 0.0400. The Labute approximate surface area is 45.6 Å². The molecule has 0 aliphatic carbocycles. The summed E-state index contributed by atoms with van der Waals surface area (Å²) < 4.78 is 0. The van der Waals surface area contributed by atoms with Crippen LogP contribution in [0.3, 0.4) is 0 Å². The Balaban J connectivity index is 2.69.